The highest BCUT2D eigenvalue weighted by atomic mass is 16.5. The summed E-state index contributed by atoms with van der Waals surface area (Å²) in [6.45, 7) is 2.91. The first-order chi connectivity index (χ1) is 12.6. The number of ether oxygens (including phenoxy) is 1. The lowest BCUT2D eigenvalue weighted by atomic mass is 9.43. The molecule has 8 rings (SSSR count). The average molecular weight is 354 g/mol. The molecule has 2 spiro atoms. The first kappa shape index (κ1) is 14.7. The number of piperidine rings is 3. The summed E-state index contributed by atoms with van der Waals surface area (Å²) in [5.41, 5.74) is 1.50. The number of aliphatic hydroxyl groups is 1. The molecule has 7 aliphatic rings. The van der Waals surface area contributed by atoms with E-state index in [9.17, 15) is 10.2 Å². The van der Waals surface area contributed by atoms with Crippen LogP contribution < -0.4 is 10.1 Å². The second-order valence-electron chi connectivity index (χ2n) is 9.75. The molecule has 2 saturated carbocycles. The van der Waals surface area contributed by atoms with Crippen molar-refractivity contribution in [2.75, 3.05) is 19.6 Å². The van der Waals surface area contributed by atoms with E-state index >= 15 is 0 Å². The molecule has 1 aromatic carbocycles. The zero-order valence-electron chi connectivity index (χ0n) is 15.0. The molecule has 4 aliphatic heterocycles. The Bertz CT molecular complexity index is 827. The van der Waals surface area contributed by atoms with Gasteiger partial charge in [-0.15, -0.1) is 0 Å². The Hall–Kier alpha value is -1.30. The maximum atomic E-state index is 11.4. The Morgan fingerprint density at radius 3 is 2.88 bits per heavy atom. The Kier molecular flexibility index (Phi) is 2.40. The largest absolute Gasteiger partial charge is 0.504 e. The number of hydrogen-bond acceptors (Lipinski definition) is 5. The molecule has 1 aromatic rings. The minimum atomic E-state index is -0.828. The van der Waals surface area contributed by atoms with Crippen molar-refractivity contribution in [2.45, 2.75) is 67.2 Å². The lowest BCUT2D eigenvalue weighted by Crippen LogP contribution is -2.88. The number of fused-ring (bicyclic) bond motifs is 2. The minimum absolute atomic E-state index is 0.0265. The van der Waals surface area contributed by atoms with E-state index in [1.165, 1.54) is 30.5 Å². The van der Waals surface area contributed by atoms with Crippen molar-refractivity contribution in [3.8, 4) is 11.5 Å². The standard InChI is InChI=1S/C21H26N2O3/c24-14-4-3-13-9-15-21-6-5-19(25,11-22-21)18-20(21,16(13)17(14)26-18)7-8-23(15)10-12-1-2-12/h3-4,12,15,18,22,24-25H,1-2,5-11H2/t15-,18+,19-,20+,21-/m1/s1. The lowest BCUT2D eigenvalue weighted by molar-refractivity contribution is -0.212. The Labute approximate surface area is 153 Å². The van der Waals surface area contributed by atoms with Crippen LogP contribution >= 0.6 is 0 Å². The number of nitrogens with one attached hydrogen (secondary N) is 1. The molecule has 3 N–H and O–H groups in total. The second kappa shape index (κ2) is 4.23. The molecular formula is C21H26N2O3. The topological polar surface area (TPSA) is 65.0 Å². The summed E-state index contributed by atoms with van der Waals surface area (Å²) >= 11 is 0. The van der Waals surface area contributed by atoms with Crippen LogP contribution in [0.15, 0.2) is 12.1 Å². The number of phenolic OH excluding ortho intramolecular Hbond substituents is 1. The number of rotatable bonds is 2. The van der Waals surface area contributed by atoms with Gasteiger partial charge in [0.1, 0.15) is 11.7 Å². The van der Waals surface area contributed by atoms with Gasteiger partial charge in [-0.2, -0.15) is 0 Å². The Morgan fingerprint density at radius 1 is 1.23 bits per heavy atom. The van der Waals surface area contributed by atoms with Gasteiger partial charge in [0.15, 0.2) is 11.5 Å². The number of nitrogens with zero attached hydrogens (tertiary/aromatic N) is 1. The molecule has 26 heavy (non-hydrogen) atoms. The second-order valence-corrected chi connectivity index (χ2v) is 9.75. The van der Waals surface area contributed by atoms with Crippen LogP contribution in [0.3, 0.4) is 0 Å². The number of β-amino-alcohol motifs (C(OH)–C–C–N with tert-alkyl or cyclic N) is 1. The third kappa shape index (κ3) is 1.39. The van der Waals surface area contributed by atoms with E-state index in [2.05, 4.69) is 16.3 Å². The van der Waals surface area contributed by atoms with Crippen molar-refractivity contribution < 1.29 is 14.9 Å². The highest BCUT2D eigenvalue weighted by molar-refractivity contribution is 5.64. The van der Waals surface area contributed by atoms with Gasteiger partial charge in [-0.25, -0.2) is 0 Å². The number of benzene rings is 1. The molecule has 0 aromatic heterocycles. The first-order valence-electron chi connectivity index (χ1n) is 10.3. The number of aromatic hydroxyl groups is 1. The molecular weight excluding hydrogens is 328 g/mol. The molecule has 0 unspecified atom stereocenters. The van der Waals surface area contributed by atoms with Crippen LogP contribution in [0.2, 0.25) is 0 Å². The van der Waals surface area contributed by atoms with Crippen molar-refractivity contribution >= 4 is 0 Å². The summed E-state index contributed by atoms with van der Waals surface area (Å²) in [5, 5.41) is 25.8. The van der Waals surface area contributed by atoms with Gasteiger partial charge in [-0.05, 0) is 62.6 Å². The van der Waals surface area contributed by atoms with Crippen LogP contribution in [-0.2, 0) is 11.8 Å². The van der Waals surface area contributed by atoms with Crippen LogP contribution in [0.5, 0.6) is 11.5 Å². The van der Waals surface area contributed by atoms with Crippen LogP contribution in [0, 0.1) is 5.92 Å². The maximum Gasteiger partial charge on any atom is 0.165 e. The first-order valence-corrected chi connectivity index (χ1v) is 10.3. The number of likely N-dealkylation sites (tertiary alicyclic amines) is 1. The summed E-state index contributed by atoms with van der Waals surface area (Å²) in [6.07, 6.45) is 6.38. The van der Waals surface area contributed by atoms with Gasteiger partial charge < -0.3 is 20.3 Å². The summed E-state index contributed by atoms with van der Waals surface area (Å²) in [5.74, 6) is 1.79. The lowest BCUT2D eigenvalue weighted by Gasteiger charge is -2.71. The van der Waals surface area contributed by atoms with Gasteiger partial charge in [0.2, 0.25) is 0 Å². The van der Waals surface area contributed by atoms with Gasteiger partial charge >= 0.3 is 0 Å². The summed E-state index contributed by atoms with van der Waals surface area (Å²) < 4.78 is 6.41. The van der Waals surface area contributed by atoms with Crippen molar-refractivity contribution in [1.82, 2.24) is 10.2 Å². The zero-order chi connectivity index (χ0) is 17.3. The molecule has 0 radical (unpaired) electrons. The maximum absolute atomic E-state index is 11.4. The highest BCUT2D eigenvalue weighted by Crippen LogP contribution is 2.68. The normalized spacial score (nSPS) is 47.6. The SMILES string of the molecule is Oc1ccc2c3c1O[C@H]1[C@@]4(O)CC[C@@]5(NC4)[C@@H](C2)N(CC2CC2)CC[C@]315. The Morgan fingerprint density at radius 2 is 2.12 bits per heavy atom. The fourth-order valence-corrected chi connectivity index (χ4v) is 7.48. The van der Waals surface area contributed by atoms with Gasteiger partial charge in [0, 0.05) is 30.2 Å². The van der Waals surface area contributed by atoms with Gasteiger partial charge in [0.05, 0.1) is 5.41 Å². The molecule has 0 amide bonds. The quantitative estimate of drug-likeness (QED) is 0.747. The van der Waals surface area contributed by atoms with Crippen LogP contribution in [0.1, 0.15) is 43.2 Å². The van der Waals surface area contributed by atoms with E-state index in [1.54, 1.807) is 6.07 Å². The minimum Gasteiger partial charge on any atom is -0.504 e. The van der Waals surface area contributed by atoms with E-state index in [-0.39, 0.29) is 22.8 Å². The third-order valence-corrected chi connectivity index (χ3v) is 8.70. The van der Waals surface area contributed by atoms with Crippen molar-refractivity contribution in [3.05, 3.63) is 23.3 Å². The van der Waals surface area contributed by atoms with Crippen molar-refractivity contribution in [2.24, 2.45) is 5.92 Å². The zero-order valence-corrected chi connectivity index (χ0v) is 15.0. The number of phenols is 1. The Balaban J connectivity index is 1.49. The monoisotopic (exact) mass is 354 g/mol. The molecule has 4 heterocycles. The summed E-state index contributed by atoms with van der Waals surface area (Å²) in [7, 11) is 0. The van der Waals surface area contributed by atoms with Crippen molar-refractivity contribution in [1.29, 1.82) is 0 Å². The summed E-state index contributed by atoms with van der Waals surface area (Å²) in [4.78, 5) is 2.75. The van der Waals surface area contributed by atoms with E-state index in [1.807, 2.05) is 0 Å². The fraction of sp³-hybridized carbons (Fsp3) is 0.714. The van der Waals surface area contributed by atoms with Crippen LogP contribution in [0.4, 0.5) is 0 Å². The molecule has 4 bridgehead atoms. The molecule has 5 fully saturated rings. The van der Waals surface area contributed by atoms with Crippen LogP contribution in [0.25, 0.3) is 0 Å². The van der Waals surface area contributed by atoms with Gasteiger partial charge in [-0.1, -0.05) is 6.07 Å². The molecule has 5 heteroatoms. The fourth-order valence-electron chi connectivity index (χ4n) is 7.48. The number of hydrogen-bond donors (Lipinski definition) is 3. The molecule has 5 nitrogen and oxygen atoms in total. The van der Waals surface area contributed by atoms with E-state index < -0.39 is 5.60 Å². The molecule has 5 atom stereocenters. The molecule has 138 valence electrons. The van der Waals surface area contributed by atoms with Gasteiger partial charge in [0.25, 0.3) is 0 Å². The van der Waals surface area contributed by atoms with E-state index in [0.717, 1.165) is 38.1 Å². The van der Waals surface area contributed by atoms with E-state index in [4.69, 9.17) is 4.74 Å². The van der Waals surface area contributed by atoms with E-state index in [0.29, 0.717) is 18.3 Å². The highest BCUT2D eigenvalue weighted by Gasteiger charge is 2.78. The smallest absolute Gasteiger partial charge is 0.165 e. The third-order valence-electron chi connectivity index (χ3n) is 8.70. The molecule has 3 saturated heterocycles. The predicted octanol–water partition coefficient (Wildman–Crippen LogP) is 1.30. The van der Waals surface area contributed by atoms with Crippen molar-refractivity contribution in [3.63, 3.8) is 0 Å². The van der Waals surface area contributed by atoms with Gasteiger partial charge in [-0.3, -0.25) is 4.90 Å². The molecule has 3 aliphatic carbocycles. The summed E-state index contributed by atoms with van der Waals surface area (Å²) in [6, 6.07) is 4.37. The van der Waals surface area contributed by atoms with Crippen LogP contribution in [-0.4, -0.2) is 58.0 Å². The predicted molar refractivity (Wildman–Crippen MR) is 95.5 cm³/mol. The average Bonchev–Trinajstić information content (AvgIpc) is 3.37.